The lowest BCUT2D eigenvalue weighted by Gasteiger charge is -2.27. The van der Waals surface area contributed by atoms with Gasteiger partial charge in [0.25, 0.3) is 0 Å². The van der Waals surface area contributed by atoms with Crippen LogP contribution in [0.3, 0.4) is 0 Å². The Morgan fingerprint density at radius 1 is 0.846 bits per heavy atom. The molecule has 1 aromatic carbocycles. The van der Waals surface area contributed by atoms with Crippen LogP contribution >= 0.6 is 0 Å². The smallest absolute Gasteiger partial charge is 0.225 e. The van der Waals surface area contributed by atoms with Crippen molar-refractivity contribution in [2.45, 2.75) is 38.6 Å². The average Bonchev–Trinajstić information content (AvgIpc) is 2.66. The summed E-state index contributed by atoms with van der Waals surface area (Å²) in [5.41, 5.74) is 1.97. The number of hydrogen-bond acceptors (Lipinski definition) is 5. The fourth-order valence-electron chi connectivity index (χ4n) is 3.51. The summed E-state index contributed by atoms with van der Waals surface area (Å²) < 4.78 is 0. The van der Waals surface area contributed by atoms with Gasteiger partial charge in [0, 0.05) is 24.7 Å². The molecule has 134 valence electrons. The Hall–Kier alpha value is -2.69. The molecule has 1 aliphatic rings. The number of nitrogens with one attached hydrogen (secondary N) is 1. The Bertz CT molecular complexity index is 841. The zero-order valence-electron chi connectivity index (χ0n) is 15.1. The lowest BCUT2D eigenvalue weighted by Crippen LogP contribution is -2.28. The molecule has 0 radical (unpaired) electrons. The van der Waals surface area contributed by atoms with E-state index >= 15 is 0 Å². The second-order valence-corrected chi connectivity index (χ2v) is 6.82. The van der Waals surface area contributed by atoms with Gasteiger partial charge in [-0.2, -0.15) is 4.98 Å². The third kappa shape index (κ3) is 3.93. The van der Waals surface area contributed by atoms with Crippen LogP contribution in [0.1, 0.15) is 37.8 Å². The highest BCUT2D eigenvalue weighted by atomic mass is 15.2. The third-order valence-electron chi connectivity index (χ3n) is 4.89. The molecular weight excluding hydrogens is 322 g/mol. The second-order valence-electron chi connectivity index (χ2n) is 6.82. The summed E-state index contributed by atoms with van der Waals surface area (Å²) in [7, 11) is 0. The van der Waals surface area contributed by atoms with Crippen LogP contribution in [0.15, 0.2) is 48.7 Å². The van der Waals surface area contributed by atoms with E-state index in [0.29, 0.717) is 12.5 Å². The number of hydrogen-bond donors (Lipinski definition) is 1. The van der Waals surface area contributed by atoms with E-state index in [4.69, 9.17) is 9.97 Å². The number of para-hydroxylation sites is 1. The molecule has 1 aliphatic heterocycles. The van der Waals surface area contributed by atoms with Crippen molar-refractivity contribution in [3.63, 3.8) is 0 Å². The van der Waals surface area contributed by atoms with Crippen molar-refractivity contribution in [1.29, 1.82) is 0 Å². The Morgan fingerprint density at radius 2 is 1.62 bits per heavy atom. The molecule has 0 unspecified atom stereocenters. The molecule has 0 amide bonds. The van der Waals surface area contributed by atoms with Crippen molar-refractivity contribution >= 4 is 22.7 Å². The summed E-state index contributed by atoms with van der Waals surface area (Å²) >= 11 is 0. The Labute approximate surface area is 154 Å². The minimum atomic E-state index is 0.624. The molecule has 0 saturated carbocycles. The first-order chi connectivity index (χ1) is 12.9. The zero-order valence-corrected chi connectivity index (χ0v) is 15.1. The van der Waals surface area contributed by atoms with Crippen molar-refractivity contribution in [2.24, 2.45) is 0 Å². The van der Waals surface area contributed by atoms with Crippen molar-refractivity contribution < 1.29 is 0 Å². The first-order valence-corrected chi connectivity index (χ1v) is 9.56. The molecule has 1 saturated heterocycles. The second kappa shape index (κ2) is 8.13. The summed E-state index contributed by atoms with van der Waals surface area (Å²) in [6, 6.07) is 14.2. The van der Waals surface area contributed by atoms with Crippen molar-refractivity contribution in [2.75, 3.05) is 23.3 Å². The quantitative estimate of drug-likeness (QED) is 0.758. The van der Waals surface area contributed by atoms with E-state index in [2.05, 4.69) is 33.4 Å². The monoisotopic (exact) mass is 347 g/mol. The van der Waals surface area contributed by atoms with Crippen LogP contribution in [0, 0.1) is 0 Å². The third-order valence-corrected chi connectivity index (χ3v) is 4.89. The van der Waals surface area contributed by atoms with Gasteiger partial charge >= 0.3 is 0 Å². The van der Waals surface area contributed by atoms with E-state index in [-0.39, 0.29) is 0 Å². The van der Waals surface area contributed by atoms with Crippen LogP contribution < -0.4 is 10.2 Å². The number of rotatable bonds is 4. The van der Waals surface area contributed by atoms with E-state index in [0.717, 1.165) is 35.5 Å². The van der Waals surface area contributed by atoms with E-state index in [9.17, 15) is 0 Å². The Kier molecular flexibility index (Phi) is 5.24. The van der Waals surface area contributed by atoms with Crippen LogP contribution in [0.25, 0.3) is 10.9 Å². The number of aromatic nitrogens is 3. The van der Waals surface area contributed by atoms with E-state index in [1.54, 1.807) is 0 Å². The predicted molar refractivity (Wildman–Crippen MR) is 106 cm³/mol. The summed E-state index contributed by atoms with van der Waals surface area (Å²) in [4.78, 5) is 16.4. The summed E-state index contributed by atoms with van der Waals surface area (Å²) in [5, 5.41) is 4.48. The molecule has 3 heterocycles. The lowest BCUT2D eigenvalue weighted by atomic mass is 10.1. The fraction of sp³-hybridized carbons (Fsp3) is 0.381. The molecule has 3 aromatic rings. The van der Waals surface area contributed by atoms with E-state index in [1.165, 1.54) is 32.1 Å². The maximum Gasteiger partial charge on any atom is 0.225 e. The first kappa shape index (κ1) is 16.8. The van der Waals surface area contributed by atoms with Gasteiger partial charge in [-0.05, 0) is 37.1 Å². The highest BCUT2D eigenvalue weighted by Crippen LogP contribution is 2.27. The maximum absolute atomic E-state index is 4.89. The van der Waals surface area contributed by atoms with Crippen LogP contribution in [0.4, 0.5) is 11.8 Å². The predicted octanol–water partition coefficient (Wildman–Crippen LogP) is 4.41. The highest BCUT2D eigenvalue weighted by Gasteiger charge is 2.15. The minimum absolute atomic E-state index is 0.624. The van der Waals surface area contributed by atoms with Crippen LogP contribution in [-0.2, 0) is 6.54 Å². The molecule has 0 atom stereocenters. The van der Waals surface area contributed by atoms with Gasteiger partial charge in [0.1, 0.15) is 5.82 Å². The van der Waals surface area contributed by atoms with Gasteiger partial charge in [0.2, 0.25) is 5.95 Å². The summed E-state index contributed by atoms with van der Waals surface area (Å²) in [5.74, 6) is 1.73. The zero-order chi connectivity index (χ0) is 17.6. The topological polar surface area (TPSA) is 53.9 Å². The Morgan fingerprint density at radius 3 is 2.42 bits per heavy atom. The molecule has 0 aliphatic carbocycles. The molecule has 2 aromatic heterocycles. The van der Waals surface area contributed by atoms with Gasteiger partial charge in [-0.15, -0.1) is 0 Å². The Balaban J connectivity index is 1.64. The number of nitrogens with zero attached hydrogens (tertiary/aromatic N) is 4. The van der Waals surface area contributed by atoms with Gasteiger partial charge in [0.15, 0.2) is 0 Å². The molecule has 4 rings (SSSR count). The molecule has 26 heavy (non-hydrogen) atoms. The number of benzene rings is 1. The van der Waals surface area contributed by atoms with Crippen molar-refractivity contribution in [3.8, 4) is 0 Å². The van der Waals surface area contributed by atoms with Crippen LogP contribution in [0.2, 0.25) is 0 Å². The fourth-order valence-corrected chi connectivity index (χ4v) is 3.51. The van der Waals surface area contributed by atoms with Crippen LogP contribution in [0.5, 0.6) is 0 Å². The molecular formula is C21H25N5. The number of pyridine rings is 1. The lowest BCUT2D eigenvalue weighted by molar-refractivity contribution is 0.554. The highest BCUT2D eigenvalue weighted by molar-refractivity contribution is 5.90. The number of fused-ring (bicyclic) bond motifs is 1. The SMILES string of the molecule is c1ccc(CNc2nc(N3CCCCCCC3)c3ccccc3n2)nc1. The molecule has 0 bridgehead atoms. The normalized spacial score (nSPS) is 15.5. The molecule has 1 fully saturated rings. The molecule has 5 nitrogen and oxygen atoms in total. The van der Waals surface area contributed by atoms with Crippen molar-refractivity contribution in [1.82, 2.24) is 15.0 Å². The summed E-state index contributed by atoms with van der Waals surface area (Å²) in [6.45, 7) is 2.76. The van der Waals surface area contributed by atoms with E-state index in [1.807, 2.05) is 30.5 Å². The van der Waals surface area contributed by atoms with Gasteiger partial charge in [-0.3, -0.25) is 4.98 Å². The van der Waals surface area contributed by atoms with Gasteiger partial charge in [-0.1, -0.05) is 37.5 Å². The largest absolute Gasteiger partial charge is 0.356 e. The summed E-state index contributed by atoms with van der Waals surface area (Å²) in [6.07, 6.45) is 8.25. The molecule has 5 heteroatoms. The minimum Gasteiger partial charge on any atom is -0.356 e. The molecule has 1 N–H and O–H groups in total. The van der Waals surface area contributed by atoms with Crippen LogP contribution in [-0.4, -0.2) is 28.0 Å². The molecule has 0 spiro atoms. The standard InChI is InChI=1S/C21H25N5/c1-2-8-14-26(15-9-3-1)20-18-11-4-5-12-19(18)24-21(25-20)23-16-17-10-6-7-13-22-17/h4-7,10-13H,1-3,8-9,14-16H2,(H,23,24,25). The van der Waals surface area contributed by atoms with Gasteiger partial charge in [0.05, 0.1) is 17.8 Å². The number of anilines is 2. The average molecular weight is 347 g/mol. The van der Waals surface area contributed by atoms with Gasteiger partial charge < -0.3 is 10.2 Å². The van der Waals surface area contributed by atoms with E-state index < -0.39 is 0 Å². The van der Waals surface area contributed by atoms with Gasteiger partial charge in [-0.25, -0.2) is 4.98 Å². The maximum atomic E-state index is 4.89. The first-order valence-electron chi connectivity index (χ1n) is 9.56. The van der Waals surface area contributed by atoms with Crippen molar-refractivity contribution in [3.05, 3.63) is 54.4 Å².